The van der Waals surface area contributed by atoms with Gasteiger partial charge in [-0.05, 0) is 31.9 Å². The van der Waals surface area contributed by atoms with Crippen LogP contribution in [0.25, 0.3) is 0 Å². The number of hydrogen-bond donors (Lipinski definition) is 1. The van der Waals surface area contributed by atoms with Crippen molar-refractivity contribution in [2.75, 3.05) is 11.5 Å². The van der Waals surface area contributed by atoms with Crippen LogP contribution in [0.5, 0.6) is 0 Å². The van der Waals surface area contributed by atoms with Gasteiger partial charge >= 0.3 is 0 Å². The van der Waals surface area contributed by atoms with E-state index in [4.69, 9.17) is 0 Å². The van der Waals surface area contributed by atoms with E-state index in [-0.39, 0.29) is 0 Å². The molecule has 0 bridgehead atoms. The molecule has 1 fully saturated rings. The first-order valence-electron chi connectivity index (χ1n) is 4.66. The van der Waals surface area contributed by atoms with Crippen molar-refractivity contribution in [3.05, 3.63) is 0 Å². The van der Waals surface area contributed by atoms with Gasteiger partial charge in [0.05, 0.1) is 0 Å². The zero-order chi connectivity index (χ0) is 8.10. The lowest BCUT2D eigenvalue weighted by molar-refractivity contribution is 0.435. The SMILES string of the molecule is CCC(C)NC1CCCSC1. The summed E-state index contributed by atoms with van der Waals surface area (Å²) in [4.78, 5) is 0. The van der Waals surface area contributed by atoms with Crippen LogP contribution >= 0.6 is 11.8 Å². The molecule has 1 aliphatic heterocycles. The number of hydrogen-bond acceptors (Lipinski definition) is 2. The fraction of sp³-hybridized carbons (Fsp3) is 1.00. The van der Waals surface area contributed by atoms with Gasteiger partial charge in [-0.15, -0.1) is 0 Å². The highest BCUT2D eigenvalue weighted by molar-refractivity contribution is 7.99. The monoisotopic (exact) mass is 173 g/mol. The summed E-state index contributed by atoms with van der Waals surface area (Å²) in [6, 6.07) is 1.50. The van der Waals surface area contributed by atoms with Gasteiger partial charge in [0, 0.05) is 17.8 Å². The minimum Gasteiger partial charge on any atom is -0.311 e. The summed E-state index contributed by atoms with van der Waals surface area (Å²) in [6.07, 6.45) is 4.04. The van der Waals surface area contributed by atoms with E-state index in [0.29, 0.717) is 6.04 Å². The normalized spacial score (nSPS) is 28.4. The molecule has 1 rings (SSSR count). The van der Waals surface area contributed by atoms with Crippen LogP contribution in [0.2, 0.25) is 0 Å². The maximum atomic E-state index is 3.65. The largest absolute Gasteiger partial charge is 0.311 e. The van der Waals surface area contributed by atoms with Gasteiger partial charge in [0.15, 0.2) is 0 Å². The Labute approximate surface area is 74.3 Å². The molecule has 0 spiro atoms. The van der Waals surface area contributed by atoms with Gasteiger partial charge in [-0.1, -0.05) is 6.92 Å². The summed E-state index contributed by atoms with van der Waals surface area (Å²) >= 11 is 2.09. The fourth-order valence-electron chi connectivity index (χ4n) is 1.39. The summed E-state index contributed by atoms with van der Waals surface area (Å²) in [6.45, 7) is 4.52. The number of rotatable bonds is 3. The first kappa shape index (κ1) is 9.40. The minimum atomic E-state index is 0.707. The molecule has 1 heterocycles. The van der Waals surface area contributed by atoms with Crippen LogP contribution in [-0.2, 0) is 0 Å². The van der Waals surface area contributed by atoms with Gasteiger partial charge in [0.25, 0.3) is 0 Å². The molecule has 0 amide bonds. The van der Waals surface area contributed by atoms with Gasteiger partial charge < -0.3 is 5.32 Å². The number of nitrogens with one attached hydrogen (secondary N) is 1. The molecule has 0 aliphatic carbocycles. The van der Waals surface area contributed by atoms with Crippen LogP contribution in [0.3, 0.4) is 0 Å². The lowest BCUT2D eigenvalue weighted by Gasteiger charge is -2.25. The van der Waals surface area contributed by atoms with Crippen molar-refractivity contribution >= 4 is 11.8 Å². The molecular weight excluding hydrogens is 154 g/mol. The van der Waals surface area contributed by atoms with Crippen molar-refractivity contribution in [3.63, 3.8) is 0 Å². The average Bonchev–Trinajstić information content (AvgIpc) is 2.06. The standard InChI is InChI=1S/C9H19NS/c1-3-8(2)10-9-5-4-6-11-7-9/h8-10H,3-7H2,1-2H3. The highest BCUT2D eigenvalue weighted by atomic mass is 32.2. The maximum Gasteiger partial charge on any atom is 0.0160 e. The minimum absolute atomic E-state index is 0.707. The first-order chi connectivity index (χ1) is 5.33. The molecule has 0 saturated carbocycles. The van der Waals surface area contributed by atoms with E-state index in [9.17, 15) is 0 Å². The van der Waals surface area contributed by atoms with Crippen LogP contribution in [0.15, 0.2) is 0 Å². The molecule has 1 N–H and O–H groups in total. The van der Waals surface area contributed by atoms with E-state index in [1.54, 1.807) is 0 Å². The van der Waals surface area contributed by atoms with Crippen molar-refractivity contribution in [2.45, 2.75) is 45.2 Å². The predicted octanol–water partition coefficient (Wildman–Crippen LogP) is 2.27. The third-order valence-corrected chi connectivity index (χ3v) is 3.51. The summed E-state index contributed by atoms with van der Waals surface area (Å²) in [7, 11) is 0. The molecule has 1 saturated heterocycles. The van der Waals surface area contributed by atoms with Crippen molar-refractivity contribution in [3.8, 4) is 0 Å². The summed E-state index contributed by atoms with van der Waals surface area (Å²) in [5.41, 5.74) is 0. The Morgan fingerprint density at radius 2 is 2.45 bits per heavy atom. The molecule has 0 radical (unpaired) electrons. The van der Waals surface area contributed by atoms with Crippen LogP contribution in [0, 0.1) is 0 Å². The summed E-state index contributed by atoms with van der Waals surface area (Å²) < 4.78 is 0. The van der Waals surface area contributed by atoms with E-state index in [2.05, 4.69) is 30.9 Å². The zero-order valence-electron chi connectivity index (χ0n) is 7.60. The molecule has 2 atom stereocenters. The van der Waals surface area contributed by atoms with Crippen molar-refractivity contribution < 1.29 is 0 Å². The van der Waals surface area contributed by atoms with Crippen LogP contribution in [0.1, 0.15) is 33.1 Å². The highest BCUT2D eigenvalue weighted by Gasteiger charge is 2.14. The Balaban J connectivity index is 2.13. The Bertz CT molecular complexity index is 99.7. The molecule has 0 aromatic rings. The van der Waals surface area contributed by atoms with Crippen LogP contribution in [-0.4, -0.2) is 23.6 Å². The second-order valence-electron chi connectivity index (χ2n) is 3.39. The summed E-state index contributed by atoms with van der Waals surface area (Å²) in [5, 5.41) is 3.65. The van der Waals surface area contributed by atoms with Crippen LogP contribution < -0.4 is 5.32 Å². The molecular formula is C9H19NS. The second kappa shape index (κ2) is 5.04. The third-order valence-electron chi connectivity index (χ3n) is 2.29. The van der Waals surface area contributed by atoms with Gasteiger partial charge in [-0.2, -0.15) is 11.8 Å². The maximum absolute atomic E-state index is 3.65. The molecule has 2 unspecified atom stereocenters. The van der Waals surface area contributed by atoms with E-state index in [1.165, 1.54) is 30.8 Å². The first-order valence-corrected chi connectivity index (χ1v) is 5.82. The average molecular weight is 173 g/mol. The smallest absolute Gasteiger partial charge is 0.0160 e. The van der Waals surface area contributed by atoms with E-state index in [1.807, 2.05) is 0 Å². The van der Waals surface area contributed by atoms with Crippen molar-refractivity contribution in [1.82, 2.24) is 5.32 Å². The lowest BCUT2D eigenvalue weighted by atomic mass is 10.1. The third kappa shape index (κ3) is 3.48. The molecule has 0 aromatic carbocycles. The highest BCUT2D eigenvalue weighted by Crippen LogP contribution is 2.17. The van der Waals surface area contributed by atoms with E-state index < -0.39 is 0 Å². The molecule has 0 aromatic heterocycles. The quantitative estimate of drug-likeness (QED) is 0.702. The zero-order valence-corrected chi connectivity index (χ0v) is 8.41. The fourth-order valence-corrected chi connectivity index (χ4v) is 2.48. The lowest BCUT2D eigenvalue weighted by Crippen LogP contribution is -2.39. The molecule has 2 heteroatoms. The van der Waals surface area contributed by atoms with E-state index in [0.717, 1.165) is 6.04 Å². The topological polar surface area (TPSA) is 12.0 Å². The van der Waals surface area contributed by atoms with E-state index >= 15 is 0 Å². The van der Waals surface area contributed by atoms with Gasteiger partial charge in [-0.3, -0.25) is 0 Å². The molecule has 66 valence electrons. The molecule has 1 nitrogen and oxygen atoms in total. The van der Waals surface area contributed by atoms with Crippen molar-refractivity contribution in [1.29, 1.82) is 0 Å². The number of thioether (sulfide) groups is 1. The Hall–Kier alpha value is 0.310. The summed E-state index contributed by atoms with van der Waals surface area (Å²) in [5.74, 6) is 2.70. The van der Waals surface area contributed by atoms with Gasteiger partial charge in [0.1, 0.15) is 0 Å². The predicted molar refractivity (Wildman–Crippen MR) is 53.2 cm³/mol. The van der Waals surface area contributed by atoms with Gasteiger partial charge in [-0.25, -0.2) is 0 Å². The molecule has 1 aliphatic rings. The van der Waals surface area contributed by atoms with Crippen LogP contribution in [0.4, 0.5) is 0 Å². The van der Waals surface area contributed by atoms with Gasteiger partial charge in [0.2, 0.25) is 0 Å². The molecule has 11 heavy (non-hydrogen) atoms. The Kier molecular flexibility index (Phi) is 4.31. The Morgan fingerprint density at radius 3 is 3.00 bits per heavy atom. The Morgan fingerprint density at radius 1 is 1.64 bits per heavy atom. The second-order valence-corrected chi connectivity index (χ2v) is 4.54. The van der Waals surface area contributed by atoms with Crippen molar-refractivity contribution in [2.24, 2.45) is 0 Å².